The molecule has 2 nitrogen and oxygen atoms in total. The topological polar surface area (TPSA) is 17.8 Å². The minimum Gasteiger partial charge on any atom is -0.273 e. The summed E-state index contributed by atoms with van der Waals surface area (Å²) in [6, 6.07) is 2.17. The highest BCUT2D eigenvalue weighted by molar-refractivity contribution is 6.50. The van der Waals surface area contributed by atoms with Crippen LogP contribution in [0.2, 0.25) is 6.55 Å². The third-order valence-corrected chi connectivity index (χ3v) is 2.60. The third kappa shape index (κ3) is 1.21. The first-order chi connectivity index (χ1) is 4.24. The highest BCUT2D eigenvalue weighted by Crippen LogP contribution is 1.87. The van der Waals surface area contributed by atoms with Crippen molar-refractivity contribution in [3.8, 4) is 0 Å². The van der Waals surface area contributed by atoms with Crippen LogP contribution in [-0.2, 0) is 7.05 Å². The fraction of sp³-hybridized carbons (Fsp3) is 0.500. The summed E-state index contributed by atoms with van der Waals surface area (Å²) in [5, 5.41) is 5.62. The molecule has 1 heterocycles. The third-order valence-electron chi connectivity index (χ3n) is 1.53. The first-order valence-corrected chi connectivity index (χ1v) is 5.35. The largest absolute Gasteiger partial charge is 0.273 e. The van der Waals surface area contributed by atoms with Crippen LogP contribution in [0.1, 0.15) is 5.69 Å². The lowest BCUT2D eigenvalue weighted by molar-refractivity contribution is 0.746. The lowest BCUT2D eigenvalue weighted by Gasteiger charge is -1.88. The summed E-state index contributed by atoms with van der Waals surface area (Å²) >= 11 is 0. The van der Waals surface area contributed by atoms with Gasteiger partial charge >= 0.3 is 0 Å². The van der Waals surface area contributed by atoms with E-state index in [4.69, 9.17) is 0 Å². The second kappa shape index (κ2) is 2.35. The predicted octanol–water partition coefficient (Wildman–Crippen LogP) is -0.429. The maximum atomic E-state index is 4.31. The van der Waals surface area contributed by atoms with Gasteiger partial charge in [0.05, 0.1) is 9.52 Å². The van der Waals surface area contributed by atoms with E-state index >= 15 is 0 Å². The Labute approximate surface area is 57.7 Å². The average molecular weight is 140 g/mol. The van der Waals surface area contributed by atoms with E-state index in [1.54, 1.807) is 0 Å². The average Bonchev–Trinajstić information content (AvgIpc) is 2.13. The molecule has 0 atom stereocenters. The van der Waals surface area contributed by atoms with Crippen LogP contribution < -0.4 is 5.32 Å². The summed E-state index contributed by atoms with van der Waals surface area (Å²) in [5.41, 5.74) is 1.26. The van der Waals surface area contributed by atoms with Crippen molar-refractivity contribution in [2.45, 2.75) is 13.5 Å². The Hall–Kier alpha value is -0.573. The number of aromatic nitrogens is 2. The van der Waals surface area contributed by atoms with Crippen molar-refractivity contribution < 1.29 is 0 Å². The van der Waals surface area contributed by atoms with E-state index in [-0.39, 0.29) is 9.52 Å². The van der Waals surface area contributed by atoms with Gasteiger partial charge in [0.25, 0.3) is 0 Å². The minimum absolute atomic E-state index is 0.0412. The van der Waals surface area contributed by atoms with E-state index in [2.05, 4.69) is 24.6 Å². The number of nitrogens with zero attached hydrogens (tertiary/aromatic N) is 2. The molecule has 0 amide bonds. The van der Waals surface area contributed by atoms with E-state index in [1.807, 2.05) is 11.7 Å². The van der Waals surface area contributed by atoms with E-state index in [0.29, 0.717) is 0 Å². The van der Waals surface area contributed by atoms with Gasteiger partial charge in [-0.1, -0.05) is 6.55 Å². The number of hydrogen-bond donors (Lipinski definition) is 0. The van der Waals surface area contributed by atoms with Gasteiger partial charge in [0.15, 0.2) is 0 Å². The molecule has 0 saturated carbocycles. The van der Waals surface area contributed by atoms with Crippen LogP contribution in [0.4, 0.5) is 0 Å². The Morgan fingerprint density at radius 1 is 1.67 bits per heavy atom. The SMILES string of the molecule is C[SiH2]c1cc(C)n(C)n1. The highest BCUT2D eigenvalue weighted by atomic mass is 28.2. The molecular formula is C6H12N2Si. The summed E-state index contributed by atoms with van der Waals surface area (Å²) < 4.78 is 1.94. The first-order valence-electron chi connectivity index (χ1n) is 3.23. The maximum Gasteiger partial charge on any atom is 0.0779 e. The van der Waals surface area contributed by atoms with Gasteiger partial charge < -0.3 is 0 Å². The van der Waals surface area contributed by atoms with Gasteiger partial charge in [0.1, 0.15) is 0 Å². The molecule has 0 spiro atoms. The van der Waals surface area contributed by atoms with Crippen molar-refractivity contribution in [3.05, 3.63) is 11.8 Å². The fourth-order valence-corrected chi connectivity index (χ4v) is 1.66. The zero-order valence-electron chi connectivity index (χ0n) is 6.18. The molecular weight excluding hydrogens is 128 g/mol. The normalized spacial score (nSPS) is 11.4. The van der Waals surface area contributed by atoms with Crippen LogP contribution in [0.5, 0.6) is 0 Å². The number of rotatable bonds is 1. The van der Waals surface area contributed by atoms with Gasteiger partial charge in [-0.15, -0.1) is 0 Å². The van der Waals surface area contributed by atoms with Crippen LogP contribution in [0.3, 0.4) is 0 Å². The molecule has 0 fully saturated rings. The molecule has 0 bridgehead atoms. The molecule has 0 aliphatic rings. The van der Waals surface area contributed by atoms with Crippen LogP contribution in [-0.4, -0.2) is 19.3 Å². The van der Waals surface area contributed by atoms with Crippen molar-refractivity contribution in [1.29, 1.82) is 0 Å². The van der Waals surface area contributed by atoms with E-state index in [0.717, 1.165) is 0 Å². The Bertz CT molecular complexity index is 185. The van der Waals surface area contributed by atoms with E-state index < -0.39 is 0 Å². The Kier molecular flexibility index (Phi) is 1.71. The standard InChI is InChI=1S/C6H12N2Si/c1-5-4-6(9-3)7-8(5)2/h4H,9H2,1-3H3. The maximum absolute atomic E-state index is 4.31. The molecule has 1 rings (SSSR count). The molecule has 0 aliphatic carbocycles. The monoisotopic (exact) mass is 140 g/mol. The van der Waals surface area contributed by atoms with Crippen molar-refractivity contribution in [1.82, 2.24) is 9.78 Å². The Balaban J connectivity index is 2.98. The minimum atomic E-state index is -0.0412. The molecule has 0 N–H and O–H groups in total. The van der Waals surface area contributed by atoms with Gasteiger partial charge in [0, 0.05) is 18.1 Å². The first kappa shape index (κ1) is 6.55. The molecule has 0 radical (unpaired) electrons. The molecule has 0 aliphatic heterocycles. The molecule has 1 aromatic heterocycles. The van der Waals surface area contributed by atoms with E-state index in [9.17, 15) is 0 Å². The van der Waals surface area contributed by atoms with Gasteiger partial charge in [0.2, 0.25) is 0 Å². The Morgan fingerprint density at radius 3 is 2.56 bits per heavy atom. The van der Waals surface area contributed by atoms with Gasteiger partial charge in [-0.05, 0) is 13.0 Å². The predicted molar refractivity (Wildman–Crippen MR) is 42.0 cm³/mol. The van der Waals surface area contributed by atoms with Crippen LogP contribution in [0.15, 0.2) is 6.07 Å². The van der Waals surface area contributed by atoms with Crippen molar-refractivity contribution in [3.63, 3.8) is 0 Å². The summed E-state index contributed by atoms with van der Waals surface area (Å²) in [6.07, 6.45) is 0. The zero-order valence-corrected chi connectivity index (χ0v) is 7.59. The highest BCUT2D eigenvalue weighted by Gasteiger charge is 1.95. The molecule has 3 heteroatoms. The van der Waals surface area contributed by atoms with Crippen LogP contribution in [0.25, 0.3) is 0 Å². The molecule has 9 heavy (non-hydrogen) atoms. The molecule has 1 aromatic rings. The summed E-state index contributed by atoms with van der Waals surface area (Å²) in [5.74, 6) is 0. The smallest absolute Gasteiger partial charge is 0.0779 e. The molecule has 0 unspecified atom stereocenters. The van der Waals surface area contributed by atoms with Crippen molar-refractivity contribution in [2.24, 2.45) is 7.05 Å². The summed E-state index contributed by atoms with van der Waals surface area (Å²) in [6.45, 7) is 4.34. The van der Waals surface area contributed by atoms with Gasteiger partial charge in [-0.25, -0.2) is 0 Å². The summed E-state index contributed by atoms with van der Waals surface area (Å²) in [7, 11) is 1.95. The Morgan fingerprint density at radius 2 is 2.33 bits per heavy atom. The fourth-order valence-electron chi connectivity index (χ4n) is 0.808. The number of hydrogen-bond acceptors (Lipinski definition) is 1. The second-order valence-corrected chi connectivity index (χ2v) is 3.69. The van der Waals surface area contributed by atoms with Crippen molar-refractivity contribution >= 4 is 14.8 Å². The number of aryl methyl sites for hydroxylation is 2. The quantitative estimate of drug-likeness (QED) is 0.484. The van der Waals surface area contributed by atoms with Gasteiger partial charge in [-0.3, -0.25) is 4.68 Å². The lowest BCUT2D eigenvalue weighted by Crippen LogP contribution is -2.12. The molecule has 50 valence electrons. The van der Waals surface area contributed by atoms with Gasteiger partial charge in [-0.2, -0.15) is 5.10 Å². The zero-order chi connectivity index (χ0) is 6.85. The van der Waals surface area contributed by atoms with Crippen LogP contribution >= 0.6 is 0 Å². The molecule has 0 aromatic carbocycles. The van der Waals surface area contributed by atoms with E-state index in [1.165, 1.54) is 11.0 Å². The van der Waals surface area contributed by atoms with Crippen LogP contribution in [0, 0.1) is 6.92 Å². The summed E-state index contributed by atoms with van der Waals surface area (Å²) in [4.78, 5) is 0. The second-order valence-electron chi connectivity index (χ2n) is 2.25. The van der Waals surface area contributed by atoms with Crippen molar-refractivity contribution in [2.75, 3.05) is 0 Å². The molecule has 0 saturated heterocycles. The lowest BCUT2D eigenvalue weighted by atomic mass is 10.5.